The third-order valence-electron chi connectivity index (χ3n) is 10.7. The van der Waals surface area contributed by atoms with E-state index >= 15 is 0 Å². The topological polar surface area (TPSA) is 42.4 Å². The third-order valence-corrected chi connectivity index (χ3v) is 10.7. The van der Waals surface area contributed by atoms with Crippen molar-refractivity contribution < 1.29 is 8.83 Å². The fourth-order valence-electron chi connectivity index (χ4n) is 8.05. The largest absolute Gasteiger partial charge is 0.456 e. The Labute approximate surface area is 317 Å². The van der Waals surface area contributed by atoms with Crippen LogP contribution in [0.3, 0.4) is 0 Å². The fraction of sp³-hybridized carbons (Fsp3) is 0. The summed E-state index contributed by atoms with van der Waals surface area (Å²) in [6, 6.07) is 68.1. The van der Waals surface area contributed by atoms with E-state index in [9.17, 15) is 0 Å². The zero-order valence-electron chi connectivity index (χ0n) is 29.7. The quantitative estimate of drug-likeness (QED) is 0.162. The molecular formula is C51H32N2O2. The summed E-state index contributed by atoms with van der Waals surface area (Å²) >= 11 is 0. The monoisotopic (exact) mass is 704 g/mol. The molecule has 4 heteroatoms. The summed E-state index contributed by atoms with van der Waals surface area (Å²) in [5.41, 5.74) is 12.1. The average molecular weight is 705 g/mol. The highest BCUT2D eigenvalue weighted by molar-refractivity contribution is 6.19. The van der Waals surface area contributed by atoms with Gasteiger partial charge in [0.25, 0.3) is 0 Å². The Morgan fingerprint density at radius 1 is 0.382 bits per heavy atom. The molecule has 0 fully saturated rings. The number of fused-ring (bicyclic) bond motifs is 8. The molecule has 0 aliphatic carbocycles. The second-order valence-corrected chi connectivity index (χ2v) is 13.9. The van der Waals surface area contributed by atoms with E-state index in [0.29, 0.717) is 5.89 Å². The minimum absolute atomic E-state index is 0.617. The highest BCUT2D eigenvalue weighted by atomic mass is 16.3. The van der Waals surface area contributed by atoms with Crippen LogP contribution in [0.25, 0.3) is 88.3 Å². The Hall–Kier alpha value is -7.43. The van der Waals surface area contributed by atoms with Gasteiger partial charge >= 0.3 is 0 Å². The first-order valence-corrected chi connectivity index (χ1v) is 18.5. The maximum atomic E-state index is 6.58. The van der Waals surface area contributed by atoms with E-state index in [2.05, 4.69) is 157 Å². The molecule has 0 radical (unpaired) electrons. The Morgan fingerprint density at radius 2 is 0.964 bits per heavy atom. The number of benzene rings is 9. The van der Waals surface area contributed by atoms with Gasteiger partial charge in [-0.05, 0) is 99.1 Å². The van der Waals surface area contributed by atoms with Crippen LogP contribution in [0.1, 0.15) is 0 Å². The molecule has 0 bridgehead atoms. The second-order valence-electron chi connectivity index (χ2n) is 13.9. The first kappa shape index (κ1) is 31.1. The summed E-state index contributed by atoms with van der Waals surface area (Å²) < 4.78 is 13.0. The molecule has 0 N–H and O–H groups in total. The van der Waals surface area contributed by atoms with E-state index in [0.717, 1.165) is 82.8 Å². The number of anilines is 3. The van der Waals surface area contributed by atoms with Crippen molar-refractivity contribution >= 4 is 71.6 Å². The molecular weight excluding hydrogens is 673 g/mol. The average Bonchev–Trinajstić information content (AvgIpc) is 3.86. The Morgan fingerprint density at radius 3 is 1.76 bits per heavy atom. The smallest absolute Gasteiger partial charge is 0.227 e. The van der Waals surface area contributed by atoms with Gasteiger partial charge in [-0.25, -0.2) is 4.98 Å². The minimum atomic E-state index is 0.617. The molecule has 0 amide bonds. The van der Waals surface area contributed by atoms with Gasteiger partial charge in [-0.3, -0.25) is 0 Å². The summed E-state index contributed by atoms with van der Waals surface area (Å²) in [6.07, 6.45) is 0. The lowest BCUT2D eigenvalue weighted by Gasteiger charge is -2.26. The van der Waals surface area contributed by atoms with Crippen LogP contribution in [-0.2, 0) is 0 Å². The van der Waals surface area contributed by atoms with E-state index in [1.54, 1.807) is 0 Å². The molecule has 2 heterocycles. The first-order valence-electron chi connectivity index (χ1n) is 18.5. The zero-order chi connectivity index (χ0) is 36.3. The highest BCUT2D eigenvalue weighted by Crippen LogP contribution is 2.43. The van der Waals surface area contributed by atoms with Crippen LogP contribution < -0.4 is 4.90 Å². The van der Waals surface area contributed by atoms with Gasteiger partial charge in [-0.15, -0.1) is 0 Å². The van der Waals surface area contributed by atoms with E-state index in [4.69, 9.17) is 13.8 Å². The van der Waals surface area contributed by atoms with E-state index in [1.165, 1.54) is 16.7 Å². The maximum absolute atomic E-state index is 6.58. The van der Waals surface area contributed by atoms with Gasteiger partial charge in [0.05, 0.1) is 0 Å². The molecule has 0 saturated heterocycles. The SMILES string of the molecule is c1ccc(-c2nc3ccc4ccc5ccc(N(c6ccc(-c7ccccc7-c7ccccc7)cc6)c6ccc7c(c6)oc6ccccc67)cc5c4c3o2)cc1. The molecule has 2 aromatic heterocycles. The number of para-hydroxylation sites is 1. The van der Waals surface area contributed by atoms with Crippen molar-refractivity contribution in [1.82, 2.24) is 4.98 Å². The van der Waals surface area contributed by atoms with Gasteiger partial charge in [0, 0.05) is 44.9 Å². The van der Waals surface area contributed by atoms with Crippen LogP contribution in [0, 0.1) is 0 Å². The van der Waals surface area contributed by atoms with Gasteiger partial charge in [0.2, 0.25) is 5.89 Å². The molecule has 0 aliphatic heterocycles. The number of rotatable bonds is 6. The van der Waals surface area contributed by atoms with Crippen molar-refractivity contribution in [2.75, 3.05) is 4.90 Å². The fourth-order valence-corrected chi connectivity index (χ4v) is 8.05. The third kappa shape index (κ3) is 5.26. The molecule has 0 atom stereocenters. The molecule has 258 valence electrons. The van der Waals surface area contributed by atoms with Crippen molar-refractivity contribution in [3.63, 3.8) is 0 Å². The second kappa shape index (κ2) is 12.6. The molecule has 0 saturated carbocycles. The van der Waals surface area contributed by atoms with Crippen molar-refractivity contribution in [1.29, 1.82) is 0 Å². The zero-order valence-corrected chi connectivity index (χ0v) is 29.7. The van der Waals surface area contributed by atoms with Crippen LogP contribution in [0.15, 0.2) is 203 Å². The first-order chi connectivity index (χ1) is 27.2. The number of oxazole rings is 1. The normalized spacial score (nSPS) is 11.6. The number of aromatic nitrogens is 1. The summed E-state index contributed by atoms with van der Waals surface area (Å²) in [4.78, 5) is 7.22. The van der Waals surface area contributed by atoms with Gasteiger partial charge in [0.15, 0.2) is 5.58 Å². The van der Waals surface area contributed by atoms with Crippen LogP contribution in [0.2, 0.25) is 0 Å². The summed E-state index contributed by atoms with van der Waals surface area (Å²) in [7, 11) is 0. The summed E-state index contributed by atoms with van der Waals surface area (Å²) in [5, 5.41) is 6.58. The molecule has 11 aromatic rings. The molecule has 0 spiro atoms. The van der Waals surface area contributed by atoms with Crippen LogP contribution in [0.5, 0.6) is 0 Å². The summed E-state index contributed by atoms with van der Waals surface area (Å²) in [5.74, 6) is 0.617. The Balaban J connectivity index is 1.10. The maximum Gasteiger partial charge on any atom is 0.227 e. The number of furan rings is 1. The Kier molecular flexibility index (Phi) is 7.14. The van der Waals surface area contributed by atoms with Crippen molar-refractivity contribution in [3.8, 4) is 33.7 Å². The lowest BCUT2D eigenvalue weighted by atomic mass is 9.94. The lowest BCUT2D eigenvalue weighted by molar-refractivity contribution is 0.623. The predicted octanol–water partition coefficient (Wildman–Crippen LogP) is 14.5. The van der Waals surface area contributed by atoms with Crippen LogP contribution >= 0.6 is 0 Å². The van der Waals surface area contributed by atoms with E-state index in [1.807, 2.05) is 42.5 Å². The molecule has 0 unspecified atom stereocenters. The minimum Gasteiger partial charge on any atom is -0.456 e. The van der Waals surface area contributed by atoms with Crippen molar-refractivity contribution in [3.05, 3.63) is 194 Å². The molecule has 9 aromatic carbocycles. The lowest BCUT2D eigenvalue weighted by Crippen LogP contribution is -2.09. The molecule has 4 nitrogen and oxygen atoms in total. The van der Waals surface area contributed by atoms with Crippen LogP contribution in [-0.4, -0.2) is 4.98 Å². The number of nitrogens with zero attached hydrogens (tertiary/aromatic N) is 2. The van der Waals surface area contributed by atoms with Gasteiger partial charge < -0.3 is 13.7 Å². The van der Waals surface area contributed by atoms with Gasteiger partial charge in [-0.1, -0.05) is 127 Å². The molecule has 0 aliphatic rings. The van der Waals surface area contributed by atoms with Crippen molar-refractivity contribution in [2.45, 2.75) is 0 Å². The van der Waals surface area contributed by atoms with Gasteiger partial charge in [0.1, 0.15) is 16.7 Å². The number of hydrogen-bond donors (Lipinski definition) is 0. The van der Waals surface area contributed by atoms with E-state index in [-0.39, 0.29) is 0 Å². The standard InChI is InChI=1S/C51H32N2O2/c1-3-11-33(12-4-1)41-15-7-8-16-42(41)34-21-25-38(26-22-34)53(40-28-29-44-43-17-9-10-18-47(43)54-48(44)32-40)39-27-23-35-19-20-36-24-30-46-50(49(36)45(35)31-39)55-51(52-46)37-13-5-2-6-14-37/h1-32H. The Bertz CT molecular complexity index is 3200. The van der Waals surface area contributed by atoms with Crippen LogP contribution in [0.4, 0.5) is 17.1 Å². The summed E-state index contributed by atoms with van der Waals surface area (Å²) in [6.45, 7) is 0. The molecule has 55 heavy (non-hydrogen) atoms. The van der Waals surface area contributed by atoms with E-state index < -0.39 is 0 Å². The molecule has 11 rings (SSSR count). The predicted molar refractivity (Wildman–Crippen MR) is 227 cm³/mol. The van der Waals surface area contributed by atoms with Gasteiger partial charge in [-0.2, -0.15) is 0 Å². The highest BCUT2D eigenvalue weighted by Gasteiger charge is 2.19. The van der Waals surface area contributed by atoms with Crippen molar-refractivity contribution in [2.24, 2.45) is 0 Å². The number of hydrogen-bond acceptors (Lipinski definition) is 4.